The van der Waals surface area contributed by atoms with E-state index in [2.05, 4.69) is 61.9 Å². The summed E-state index contributed by atoms with van der Waals surface area (Å²) < 4.78 is 5.16. The van der Waals surface area contributed by atoms with E-state index in [0.717, 1.165) is 56.0 Å². The molecule has 1 aromatic heterocycles. The predicted molar refractivity (Wildman–Crippen MR) is 154 cm³/mol. The Labute approximate surface area is 227 Å². The van der Waals surface area contributed by atoms with Gasteiger partial charge in [-0.15, -0.1) is 11.6 Å². The van der Waals surface area contributed by atoms with E-state index in [1.165, 1.54) is 6.38 Å². The van der Waals surface area contributed by atoms with Crippen LogP contribution in [0.25, 0.3) is 0 Å². The van der Waals surface area contributed by atoms with Crippen molar-refractivity contribution in [2.75, 3.05) is 56.1 Å². The molecule has 0 spiro atoms. The van der Waals surface area contributed by atoms with Crippen LogP contribution >= 0.6 is 11.6 Å². The molecule has 1 amide bonds. The molecule has 1 aromatic carbocycles. The largest absolute Gasteiger partial charge is 0.385 e. The average Bonchev–Trinajstić information content (AvgIpc) is 2.95. The molecule has 8 nitrogen and oxygen atoms in total. The third-order valence-corrected chi connectivity index (χ3v) is 6.85. The van der Waals surface area contributed by atoms with Crippen LogP contribution in [-0.4, -0.2) is 63.0 Å². The number of aromatic nitrogens is 1. The minimum Gasteiger partial charge on any atom is -0.385 e. The summed E-state index contributed by atoms with van der Waals surface area (Å²) in [7, 11) is 1.66. The second kappa shape index (κ2) is 16.8. The topological polar surface area (TPSA) is 96.1 Å². The molecule has 0 bridgehead atoms. The zero-order valence-corrected chi connectivity index (χ0v) is 23.5. The Kier molecular flexibility index (Phi) is 13.8. The summed E-state index contributed by atoms with van der Waals surface area (Å²) >= 11 is 4.64. The number of hydrogen-bond donors (Lipinski definition) is 2. The summed E-state index contributed by atoms with van der Waals surface area (Å²) in [6.07, 6.45) is 6.89. The number of para-hydroxylation sites is 1. The number of nitrogens with two attached hydrogens (primary N) is 1. The Bertz CT molecular complexity index is 951. The molecule has 1 atom stereocenters. The van der Waals surface area contributed by atoms with Gasteiger partial charge in [-0.3, -0.25) is 4.79 Å². The van der Waals surface area contributed by atoms with Crippen LogP contribution in [0.2, 0.25) is 0 Å². The van der Waals surface area contributed by atoms with E-state index >= 15 is 0 Å². The third kappa shape index (κ3) is 9.20. The van der Waals surface area contributed by atoms with Crippen molar-refractivity contribution in [2.24, 2.45) is 22.8 Å². The van der Waals surface area contributed by atoms with Gasteiger partial charge in [0.05, 0.1) is 6.54 Å². The summed E-state index contributed by atoms with van der Waals surface area (Å²) in [6.45, 7) is 7.70. The number of hydrazone groups is 1. The highest BCUT2D eigenvalue weighted by Crippen LogP contribution is 2.26. The van der Waals surface area contributed by atoms with Crippen LogP contribution in [0.5, 0.6) is 0 Å². The summed E-state index contributed by atoms with van der Waals surface area (Å²) in [6, 6.07) is 14.3. The molecular formula is C28H43ClN6O2. The number of anilines is 2. The molecule has 0 saturated carbocycles. The van der Waals surface area contributed by atoms with Gasteiger partial charge in [0.25, 0.3) is 0 Å². The zero-order chi connectivity index (χ0) is 27.0. The minimum absolute atomic E-state index is 0.0131. The van der Waals surface area contributed by atoms with Crippen LogP contribution in [0, 0.1) is 18.8 Å². The molecule has 0 radical (unpaired) electrons. The number of hydrogen-bond acceptors (Lipinski definition) is 6. The maximum atomic E-state index is 12.8. The van der Waals surface area contributed by atoms with Crippen LogP contribution in [0.1, 0.15) is 38.2 Å². The number of ether oxygens (including phenoxy) is 1. The highest BCUT2D eigenvalue weighted by Gasteiger charge is 2.26. The Morgan fingerprint density at radius 1 is 1.24 bits per heavy atom. The summed E-state index contributed by atoms with van der Waals surface area (Å²) in [5, 5.41) is 7.20. The zero-order valence-electron chi connectivity index (χ0n) is 22.7. The maximum absolute atomic E-state index is 12.8. The fourth-order valence-electron chi connectivity index (χ4n) is 4.65. The number of amidine groups is 1. The lowest BCUT2D eigenvalue weighted by Gasteiger charge is -2.37. The van der Waals surface area contributed by atoms with Gasteiger partial charge < -0.3 is 25.7 Å². The Morgan fingerprint density at radius 3 is 2.54 bits per heavy atom. The second-order valence-corrected chi connectivity index (χ2v) is 9.17. The summed E-state index contributed by atoms with van der Waals surface area (Å²) in [5.41, 5.74) is 2.22. The summed E-state index contributed by atoms with van der Waals surface area (Å²) in [5.74, 6) is 8.01. The van der Waals surface area contributed by atoms with Crippen molar-refractivity contribution in [2.45, 2.75) is 39.5 Å². The molecule has 1 saturated heterocycles. The van der Waals surface area contributed by atoms with Crippen molar-refractivity contribution in [3.05, 3.63) is 54.2 Å². The van der Waals surface area contributed by atoms with Crippen molar-refractivity contribution in [3.63, 3.8) is 0 Å². The number of piperidine rings is 1. The number of alkyl halides is 1. The van der Waals surface area contributed by atoms with Crippen LogP contribution in [0.3, 0.4) is 0 Å². The number of pyridine rings is 1. The minimum atomic E-state index is -0.0863. The molecule has 9 heteroatoms. The third-order valence-electron chi connectivity index (χ3n) is 6.85. The molecule has 1 aliphatic heterocycles. The van der Waals surface area contributed by atoms with Crippen molar-refractivity contribution in [1.82, 2.24) is 10.3 Å². The fourth-order valence-corrected chi connectivity index (χ4v) is 4.65. The SMILES string of the molecule is CCC(CCOC)C(=O)NC/C(=N/N)N(CC1CCN(c2ccccn2)CC1)c1ccccc1C.CCl. The molecule has 3 N–H and O–H groups in total. The number of carbonyl (C=O) groups is 1. The number of methoxy groups -OCH3 is 1. The van der Waals surface area contributed by atoms with E-state index in [0.29, 0.717) is 31.3 Å². The van der Waals surface area contributed by atoms with E-state index in [-0.39, 0.29) is 11.8 Å². The van der Waals surface area contributed by atoms with Crippen molar-refractivity contribution >= 4 is 34.8 Å². The molecule has 1 unspecified atom stereocenters. The molecule has 204 valence electrons. The van der Waals surface area contributed by atoms with Gasteiger partial charge in [-0.1, -0.05) is 31.2 Å². The van der Waals surface area contributed by atoms with Gasteiger partial charge in [-0.05, 0) is 62.3 Å². The molecule has 2 aromatic rings. The molecule has 2 heterocycles. The van der Waals surface area contributed by atoms with Gasteiger partial charge in [0.15, 0.2) is 0 Å². The van der Waals surface area contributed by atoms with Gasteiger partial charge >= 0.3 is 0 Å². The molecule has 1 aliphatic rings. The Hall–Kier alpha value is -2.84. The van der Waals surface area contributed by atoms with Crippen LogP contribution in [-0.2, 0) is 9.53 Å². The van der Waals surface area contributed by atoms with E-state index in [9.17, 15) is 4.79 Å². The fraction of sp³-hybridized carbons (Fsp3) is 0.536. The number of aryl methyl sites for hydroxylation is 1. The lowest BCUT2D eigenvalue weighted by atomic mass is 9.95. The second-order valence-electron chi connectivity index (χ2n) is 9.17. The first-order chi connectivity index (χ1) is 18.1. The lowest BCUT2D eigenvalue weighted by molar-refractivity contribution is -0.125. The number of nitrogens with zero attached hydrogens (tertiary/aromatic N) is 4. The first-order valence-corrected chi connectivity index (χ1v) is 13.7. The molecular weight excluding hydrogens is 488 g/mol. The predicted octanol–water partition coefficient (Wildman–Crippen LogP) is 4.42. The van der Waals surface area contributed by atoms with Crippen molar-refractivity contribution < 1.29 is 9.53 Å². The standard InChI is InChI=1S/C27H40N6O2.CH3Cl/c1-4-23(14-18-35-3)27(34)30-19-26(31-28)33(24-10-6-5-9-21(24)2)20-22-12-16-32(17-13-22)25-11-7-8-15-29-25;1-2/h5-11,15,22-23H,4,12-14,16-20,28H2,1-3H3,(H,30,34);1H3/b31-26-;. The normalized spacial score (nSPS) is 14.9. The van der Waals surface area contributed by atoms with Crippen LogP contribution in [0.15, 0.2) is 53.8 Å². The number of carbonyl (C=O) groups excluding carboxylic acids is 1. The highest BCUT2D eigenvalue weighted by molar-refractivity contribution is 6.15. The van der Waals surface area contributed by atoms with Crippen molar-refractivity contribution in [1.29, 1.82) is 0 Å². The highest BCUT2D eigenvalue weighted by atomic mass is 35.5. The van der Waals surface area contributed by atoms with E-state index in [4.69, 9.17) is 10.6 Å². The van der Waals surface area contributed by atoms with Gasteiger partial charge in [0.2, 0.25) is 5.91 Å². The first-order valence-electron chi connectivity index (χ1n) is 13.0. The molecule has 3 rings (SSSR count). The van der Waals surface area contributed by atoms with E-state index < -0.39 is 0 Å². The van der Waals surface area contributed by atoms with Gasteiger partial charge in [0.1, 0.15) is 11.7 Å². The van der Waals surface area contributed by atoms with E-state index in [1.807, 2.05) is 37.4 Å². The van der Waals surface area contributed by atoms with Crippen LogP contribution in [0.4, 0.5) is 11.5 Å². The monoisotopic (exact) mass is 530 g/mol. The number of halogens is 1. The number of rotatable bonds is 11. The van der Waals surface area contributed by atoms with Crippen LogP contribution < -0.4 is 21.0 Å². The average molecular weight is 531 g/mol. The smallest absolute Gasteiger partial charge is 0.223 e. The molecule has 1 fully saturated rings. The summed E-state index contributed by atoms with van der Waals surface area (Å²) in [4.78, 5) is 21.8. The number of benzene rings is 1. The first kappa shape index (κ1) is 30.4. The van der Waals surface area contributed by atoms with Gasteiger partial charge in [0, 0.05) is 57.5 Å². The van der Waals surface area contributed by atoms with Gasteiger partial charge in [-0.25, -0.2) is 4.98 Å². The Morgan fingerprint density at radius 2 is 1.95 bits per heavy atom. The van der Waals surface area contributed by atoms with Crippen molar-refractivity contribution in [3.8, 4) is 0 Å². The lowest BCUT2D eigenvalue weighted by Crippen LogP contribution is -2.46. The quantitative estimate of drug-likeness (QED) is 0.147. The van der Waals surface area contributed by atoms with E-state index in [1.54, 1.807) is 7.11 Å². The maximum Gasteiger partial charge on any atom is 0.223 e. The Balaban J connectivity index is 0.00000235. The molecule has 37 heavy (non-hydrogen) atoms. The number of amides is 1. The number of nitrogens with one attached hydrogen (secondary N) is 1. The van der Waals surface area contributed by atoms with Gasteiger partial charge in [-0.2, -0.15) is 5.10 Å². The molecule has 0 aliphatic carbocycles.